The first-order valence-electron chi connectivity index (χ1n) is 11.6. The summed E-state index contributed by atoms with van der Waals surface area (Å²) in [6.45, 7) is 2.67. The molecule has 0 aliphatic carbocycles. The molecule has 8 nitrogen and oxygen atoms in total. The highest BCUT2D eigenvalue weighted by Crippen LogP contribution is 2.39. The molecule has 3 aliphatic heterocycles. The molecule has 174 valence electrons. The smallest absolute Gasteiger partial charge is 0.257 e. The molecule has 1 N–H and O–H groups in total. The van der Waals surface area contributed by atoms with E-state index in [2.05, 4.69) is 20.1 Å². The highest BCUT2D eigenvalue weighted by molar-refractivity contribution is 6.04. The van der Waals surface area contributed by atoms with Crippen LogP contribution in [0.3, 0.4) is 0 Å². The lowest BCUT2D eigenvalue weighted by molar-refractivity contribution is -0.142. The maximum Gasteiger partial charge on any atom is 0.257 e. The monoisotopic (exact) mass is 450 g/mol. The van der Waals surface area contributed by atoms with Crippen molar-refractivity contribution in [3.8, 4) is 11.5 Å². The lowest BCUT2D eigenvalue weighted by Crippen LogP contribution is -2.60. The van der Waals surface area contributed by atoms with Gasteiger partial charge in [-0.15, -0.1) is 0 Å². The molecule has 1 aromatic carbocycles. The van der Waals surface area contributed by atoms with Crippen LogP contribution < -0.4 is 19.7 Å². The number of nitrogens with zero attached hydrogens (tertiary/aromatic N) is 3. The number of anilines is 2. The number of fused-ring (bicyclic) bond motifs is 4. The molecule has 2 unspecified atom stereocenters. The van der Waals surface area contributed by atoms with Crippen LogP contribution in [-0.2, 0) is 4.79 Å². The van der Waals surface area contributed by atoms with Crippen LogP contribution in [0.4, 0.5) is 11.5 Å². The van der Waals surface area contributed by atoms with Crippen molar-refractivity contribution in [1.82, 2.24) is 9.88 Å². The Balaban J connectivity index is 1.26. The van der Waals surface area contributed by atoms with Crippen molar-refractivity contribution in [3.05, 3.63) is 42.1 Å². The van der Waals surface area contributed by atoms with Crippen molar-refractivity contribution in [2.75, 3.05) is 44.1 Å². The van der Waals surface area contributed by atoms with E-state index in [0.29, 0.717) is 53.0 Å². The van der Waals surface area contributed by atoms with E-state index < -0.39 is 0 Å². The van der Waals surface area contributed by atoms with Crippen molar-refractivity contribution in [1.29, 1.82) is 0 Å². The third-order valence-electron chi connectivity index (χ3n) is 7.12. The topological polar surface area (TPSA) is 84.0 Å². The van der Waals surface area contributed by atoms with Gasteiger partial charge < -0.3 is 24.6 Å². The minimum absolute atomic E-state index is 0.240. The first kappa shape index (κ1) is 21.6. The molecule has 3 saturated heterocycles. The number of pyridine rings is 1. The zero-order valence-electron chi connectivity index (χ0n) is 19.1. The largest absolute Gasteiger partial charge is 0.497 e. The molecule has 33 heavy (non-hydrogen) atoms. The van der Waals surface area contributed by atoms with E-state index in [1.807, 2.05) is 12.1 Å². The fourth-order valence-electron chi connectivity index (χ4n) is 5.59. The van der Waals surface area contributed by atoms with Crippen LogP contribution >= 0.6 is 0 Å². The number of carbonyl (C=O) groups excluding carboxylic acids is 2. The molecule has 3 fully saturated rings. The minimum Gasteiger partial charge on any atom is -0.497 e. The Morgan fingerprint density at radius 1 is 1.09 bits per heavy atom. The van der Waals surface area contributed by atoms with Crippen LogP contribution in [0.2, 0.25) is 0 Å². The molecule has 3 atom stereocenters. The van der Waals surface area contributed by atoms with E-state index in [0.717, 1.165) is 38.3 Å². The lowest BCUT2D eigenvalue weighted by Gasteiger charge is -2.52. The number of rotatable bonds is 5. The van der Waals surface area contributed by atoms with E-state index >= 15 is 0 Å². The number of ether oxygens (including phenoxy) is 2. The van der Waals surface area contributed by atoms with Crippen molar-refractivity contribution in [2.45, 2.75) is 31.7 Å². The summed E-state index contributed by atoms with van der Waals surface area (Å²) in [7, 11) is 3.14. The first-order valence-corrected chi connectivity index (χ1v) is 11.6. The second-order valence-corrected chi connectivity index (χ2v) is 9.23. The van der Waals surface area contributed by atoms with Gasteiger partial charge >= 0.3 is 0 Å². The number of piperidine rings is 3. The Hall–Kier alpha value is -3.29. The van der Waals surface area contributed by atoms with Gasteiger partial charge in [0.1, 0.15) is 17.3 Å². The van der Waals surface area contributed by atoms with E-state index in [-0.39, 0.29) is 5.91 Å². The number of methoxy groups -OCH3 is 2. The van der Waals surface area contributed by atoms with E-state index in [4.69, 9.17) is 9.47 Å². The van der Waals surface area contributed by atoms with Gasteiger partial charge in [-0.2, -0.15) is 0 Å². The van der Waals surface area contributed by atoms with Crippen LogP contribution in [0.1, 0.15) is 36.0 Å². The molecule has 2 aromatic rings. The van der Waals surface area contributed by atoms with Crippen molar-refractivity contribution >= 4 is 23.3 Å². The molecule has 3 aliphatic rings. The third-order valence-corrected chi connectivity index (χ3v) is 7.12. The lowest BCUT2D eigenvalue weighted by atomic mass is 9.76. The molecule has 0 radical (unpaired) electrons. The maximum atomic E-state index is 12.8. The van der Waals surface area contributed by atoms with E-state index in [1.54, 1.807) is 38.6 Å². The maximum absolute atomic E-state index is 12.8. The van der Waals surface area contributed by atoms with Crippen LogP contribution in [0, 0.1) is 11.8 Å². The third kappa shape index (κ3) is 4.34. The standard InChI is InChI=1S/C25H30N4O4/c1-32-20-9-19(10-21(11-20)33-2)27-25(31)17-6-7-23(26-12-17)28-13-16-8-18(15-28)22-4-3-5-24(30)29(22)14-16/h6-7,9-12,16,18,22H,3-5,8,13-15H2,1-2H3,(H,27,31)/t16?,18?,22-/m1/s1. The van der Waals surface area contributed by atoms with Crippen LogP contribution in [0.5, 0.6) is 11.5 Å². The molecular weight excluding hydrogens is 420 g/mol. The molecule has 2 bridgehead atoms. The number of hydrogen-bond acceptors (Lipinski definition) is 6. The van der Waals surface area contributed by atoms with Gasteiger partial charge in [0.25, 0.3) is 5.91 Å². The van der Waals surface area contributed by atoms with Gasteiger partial charge in [-0.05, 0) is 43.2 Å². The molecule has 5 rings (SSSR count). The predicted molar refractivity (Wildman–Crippen MR) is 125 cm³/mol. The Bertz CT molecular complexity index is 1020. The second kappa shape index (κ2) is 8.92. The summed E-state index contributed by atoms with van der Waals surface area (Å²) in [6, 6.07) is 9.35. The number of carbonyl (C=O) groups is 2. The summed E-state index contributed by atoms with van der Waals surface area (Å²) >= 11 is 0. The highest BCUT2D eigenvalue weighted by Gasteiger charge is 2.44. The second-order valence-electron chi connectivity index (χ2n) is 9.23. The van der Waals surface area contributed by atoms with Crippen molar-refractivity contribution < 1.29 is 19.1 Å². The molecule has 0 spiro atoms. The SMILES string of the molecule is COc1cc(NC(=O)c2ccc(N3CC4CC(C3)[C@H]3CCCC(=O)N3C4)nc2)cc(OC)c1. The fraction of sp³-hybridized carbons (Fsp3) is 0.480. The number of amides is 2. The summed E-state index contributed by atoms with van der Waals surface area (Å²) in [5, 5.41) is 2.88. The molecule has 1 aromatic heterocycles. The van der Waals surface area contributed by atoms with Crippen molar-refractivity contribution in [3.63, 3.8) is 0 Å². The summed E-state index contributed by atoms with van der Waals surface area (Å²) < 4.78 is 10.5. The van der Waals surface area contributed by atoms with Gasteiger partial charge in [0, 0.05) is 62.2 Å². The Morgan fingerprint density at radius 3 is 2.58 bits per heavy atom. The van der Waals surface area contributed by atoms with E-state index in [9.17, 15) is 9.59 Å². The zero-order valence-corrected chi connectivity index (χ0v) is 19.1. The predicted octanol–water partition coefficient (Wildman–Crippen LogP) is 3.19. The molecule has 8 heteroatoms. The van der Waals surface area contributed by atoms with E-state index in [1.165, 1.54) is 6.42 Å². The van der Waals surface area contributed by atoms with Gasteiger partial charge in [-0.1, -0.05) is 0 Å². The molecular formula is C25H30N4O4. The Labute approximate surface area is 193 Å². The minimum atomic E-state index is -0.240. The summed E-state index contributed by atoms with van der Waals surface area (Å²) in [5.41, 5.74) is 1.08. The summed E-state index contributed by atoms with van der Waals surface area (Å²) in [6.07, 6.45) is 5.63. The van der Waals surface area contributed by atoms with Gasteiger partial charge in [0.15, 0.2) is 0 Å². The van der Waals surface area contributed by atoms with Gasteiger partial charge in [0.2, 0.25) is 5.91 Å². The number of aromatic nitrogens is 1. The Morgan fingerprint density at radius 2 is 1.88 bits per heavy atom. The molecule has 4 heterocycles. The van der Waals surface area contributed by atoms with Crippen LogP contribution in [-0.4, -0.2) is 61.6 Å². The summed E-state index contributed by atoms with van der Waals surface area (Å²) in [5.74, 6) is 3.16. The Kier molecular flexibility index (Phi) is 5.83. The average Bonchev–Trinajstić information content (AvgIpc) is 2.84. The average molecular weight is 451 g/mol. The quantitative estimate of drug-likeness (QED) is 0.753. The number of nitrogens with one attached hydrogen (secondary N) is 1. The van der Waals surface area contributed by atoms with Gasteiger partial charge in [-0.25, -0.2) is 4.98 Å². The summed E-state index contributed by atoms with van der Waals surface area (Å²) in [4.78, 5) is 34.2. The highest BCUT2D eigenvalue weighted by atomic mass is 16.5. The molecule has 2 amide bonds. The van der Waals surface area contributed by atoms with Gasteiger partial charge in [0.05, 0.1) is 19.8 Å². The first-order chi connectivity index (χ1) is 16.0. The fourth-order valence-corrected chi connectivity index (χ4v) is 5.59. The van der Waals surface area contributed by atoms with Gasteiger partial charge in [-0.3, -0.25) is 9.59 Å². The normalized spacial score (nSPS) is 24.2. The van der Waals surface area contributed by atoms with Crippen LogP contribution in [0.25, 0.3) is 0 Å². The van der Waals surface area contributed by atoms with Crippen LogP contribution in [0.15, 0.2) is 36.5 Å². The zero-order chi connectivity index (χ0) is 22.9. The number of hydrogen-bond donors (Lipinski definition) is 1. The molecule has 0 saturated carbocycles. The number of benzene rings is 1. The van der Waals surface area contributed by atoms with Crippen molar-refractivity contribution in [2.24, 2.45) is 11.8 Å².